The van der Waals surface area contributed by atoms with Gasteiger partial charge in [-0.25, -0.2) is 9.18 Å². The number of esters is 1. The van der Waals surface area contributed by atoms with Crippen molar-refractivity contribution in [3.63, 3.8) is 0 Å². The van der Waals surface area contributed by atoms with E-state index in [1.807, 2.05) is 0 Å². The molecule has 3 aliphatic heterocycles. The Morgan fingerprint density at radius 2 is 1.93 bits per heavy atom. The van der Waals surface area contributed by atoms with E-state index in [1.54, 1.807) is 39.0 Å². The lowest BCUT2D eigenvalue weighted by molar-refractivity contribution is -0.159. The molecule has 154 valence electrons. The molecule has 0 aliphatic carbocycles. The number of carbonyl (C=O) groups is 2. The smallest absolute Gasteiger partial charge is 0.408 e. The Hall–Kier alpha value is -2.15. The number of halogens is 1. The van der Waals surface area contributed by atoms with E-state index >= 15 is 0 Å². The number of hydrogen-bond donors (Lipinski definition) is 1. The summed E-state index contributed by atoms with van der Waals surface area (Å²) in [5.74, 6) is -0.540. The zero-order valence-electron chi connectivity index (χ0n) is 16.7. The van der Waals surface area contributed by atoms with Crippen LogP contribution in [0.1, 0.15) is 51.6 Å². The van der Waals surface area contributed by atoms with Gasteiger partial charge in [-0.15, -0.1) is 0 Å². The lowest BCUT2D eigenvalue weighted by Gasteiger charge is -2.44. The summed E-state index contributed by atoms with van der Waals surface area (Å²) in [5.41, 5.74) is -0.459. The summed E-state index contributed by atoms with van der Waals surface area (Å²) >= 11 is 0. The fraction of sp³-hybridized carbons (Fsp3) is 0.619. The number of alkyl carbamates (subject to hydrolysis) is 1. The van der Waals surface area contributed by atoms with Crippen LogP contribution >= 0.6 is 0 Å². The van der Waals surface area contributed by atoms with Gasteiger partial charge in [0.15, 0.2) is 0 Å². The predicted octanol–water partition coefficient (Wildman–Crippen LogP) is 3.42. The van der Waals surface area contributed by atoms with E-state index in [-0.39, 0.29) is 18.1 Å². The molecule has 6 nitrogen and oxygen atoms in total. The number of amides is 1. The van der Waals surface area contributed by atoms with E-state index in [0.717, 1.165) is 32.5 Å². The summed E-state index contributed by atoms with van der Waals surface area (Å²) in [6.45, 7) is 8.08. The third-order valence-corrected chi connectivity index (χ3v) is 5.22. The summed E-state index contributed by atoms with van der Waals surface area (Å²) < 4.78 is 25.3. The highest BCUT2D eigenvalue weighted by atomic mass is 19.1. The molecular formula is C21H29FN2O4. The van der Waals surface area contributed by atoms with Gasteiger partial charge in [-0.2, -0.15) is 0 Å². The first-order chi connectivity index (χ1) is 13.2. The van der Waals surface area contributed by atoms with Crippen molar-refractivity contribution < 1.29 is 23.5 Å². The fourth-order valence-electron chi connectivity index (χ4n) is 3.87. The molecule has 0 saturated carbocycles. The molecule has 1 aromatic rings. The van der Waals surface area contributed by atoms with E-state index in [2.05, 4.69) is 10.2 Å². The molecule has 28 heavy (non-hydrogen) atoms. The topological polar surface area (TPSA) is 67.9 Å². The minimum atomic E-state index is -0.857. The van der Waals surface area contributed by atoms with Gasteiger partial charge >= 0.3 is 12.1 Å². The molecule has 4 rings (SSSR count). The highest BCUT2D eigenvalue weighted by molar-refractivity contribution is 5.73. The van der Waals surface area contributed by atoms with Crippen LogP contribution in [-0.2, 0) is 14.3 Å². The van der Waals surface area contributed by atoms with Crippen molar-refractivity contribution in [3.8, 4) is 0 Å². The minimum absolute atomic E-state index is 0.127. The molecule has 1 aromatic carbocycles. The van der Waals surface area contributed by atoms with Crippen molar-refractivity contribution in [3.05, 3.63) is 35.6 Å². The van der Waals surface area contributed by atoms with Crippen molar-refractivity contribution in [1.29, 1.82) is 0 Å². The molecule has 3 aliphatic rings. The van der Waals surface area contributed by atoms with E-state index < -0.39 is 29.5 Å². The number of nitrogens with zero attached hydrogens (tertiary/aromatic N) is 1. The average molecular weight is 392 g/mol. The number of fused-ring (bicyclic) bond motifs is 3. The first-order valence-electron chi connectivity index (χ1n) is 9.87. The van der Waals surface area contributed by atoms with Gasteiger partial charge in [0.05, 0.1) is 12.5 Å². The van der Waals surface area contributed by atoms with Crippen LogP contribution in [0.5, 0.6) is 0 Å². The monoisotopic (exact) mass is 392 g/mol. The van der Waals surface area contributed by atoms with Crippen molar-refractivity contribution in [1.82, 2.24) is 10.2 Å². The van der Waals surface area contributed by atoms with Crippen LogP contribution in [0, 0.1) is 11.7 Å². The molecule has 3 saturated heterocycles. The summed E-state index contributed by atoms with van der Waals surface area (Å²) in [4.78, 5) is 27.1. The lowest BCUT2D eigenvalue weighted by atomic mass is 9.86. The molecule has 0 spiro atoms. The zero-order chi connectivity index (χ0) is 20.3. The third-order valence-electron chi connectivity index (χ3n) is 5.22. The van der Waals surface area contributed by atoms with Crippen LogP contribution in [0.4, 0.5) is 9.18 Å². The zero-order valence-corrected chi connectivity index (χ0v) is 16.7. The number of benzene rings is 1. The normalized spacial score (nSPS) is 25.1. The molecule has 1 unspecified atom stereocenters. The van der Waals surface area contributed by atoms with E-state index in [9.17, 15) is 14.0 Å². The SMILES string of the molecule is CC(C)(C)OC(=O)NC(CC(=O)O[C@H]1CN2CCC1CC2)c1ccccc1F. The van der Waals surface area contributed by atoms with E-state index in [4.69, 9.17) is 9.47 Å². The van der Waals surface area contributed by atoms with Crippen molar-refractivity contribution in [2.24, 2.45) is 5.92 Å². The van der Waals surface area contributed by atoms with Gasteiger partial charge in [0, 0.05) is 12.1 Å². The summed E-state index contributed by atoms with van der Waals surface area (Å²) in [7, 11) is 0. The van der Waals surface area contributed by atoms with Gasteiger partial charge in [0.2, 0.25) is 0 Å². The second kappa shape index (κ2) is 8.47. The van der Waals surface area contributed by atoms with Crippen molar-refractivity contribution >= 4 is 12.1 Å². The van der Waals surface area contributed by atoms with Gasteiger partial charge in [-0.1, -0.05) is 18.2 Å². The van der Waals surface area contributed by atoms with Gasteiger partial charge < -0.3 is 14.8 Å². The average Bonchev–Trinajstić information content (AvgIpc) is 2.61. The maximum Gasteiger partial charge on any atom is 0.408 e. The quantitative estimate of drug-likeness (QED) is 0.778. The highest BCUT2D eigenvalue weighted by Crippen LogP contribution is 2.30. The van der Waals surface area contributed by atoms with E-state index in [1.165, 1.54) is 6.07 Å². The molecule has 0 radical (unpaired) electrons. The number of rotatable bonds is 5. The molecule has 7 heteroatoms. The van der Waals surface area contributed by atoms with Crippen LogP contribution < -0.4 is 5.32 Å². The number of piperidine rings is 3. The van der Waals surface area contributed by atoms with Crippen molar-refractivity contribution in [2.75, 3.05) is 19.6 Å². The van der Waals surface area contributed by atoms with E-state index in [0.29, 0.717) is 5.92 Å². The number of nitrogens with one attached hydrogen (secondary N) is 1. The van der Waals surface area contributed by atoms with Gasteiger partial charge in [-0.05, 0) is 58.7 Å². The minimum Gasteiger partial charge on any atom is -0.461 e. The fourth-order valence-corrected chi connectivity index (χ4v) is 3.87. The highest BCUT2D eigenvalue weighted by Gasteiger charge is 2.37. The maximum absolute atomic E-state index is 14.3. The third kappa shape index (κ3) is 5.44. The molecular weight excluding hydrogens is 363 g/mol. The van der Waals surface area contributed by atoms with Crippen LogP contribution in [0.15, 0.2) is 24.3 Å². The summed E-state index contributed by atoms with van der Waals surface area (Å²) in [6, 6.07) is 5.23. The second-order valence-electron chi connectivity index (χ2n) is 8.59. The summed E-state index contributed by atoms with van der Waals surface area (Å²) in [6.07, 6.45) is 1.09. The molecule has 2 bridgehead atoms. The van der Waals surface area contributed by atoms with Crippen LogP contribution in [-0.4, -0.2) is 48.3 Å². The first-order valence-corrected chi connectivity index (χ1v) is 9.87. The maximum atomic E-state index is 14.3. The molecule has 2 atom stereocenters. The second-order valence-corrected chi connectivity index (χ2v) is 8.59. The number of carbonyl (C=O) groups excluding carboxylic acids is 2. The largest absolute Gasteiger partial charge is 0.461 e. The molecule has 1 amide bonds. The summed E-state index contributed by atoms with van der Waals surface area (Å²) in [5, 5.41) is 2.62. The molecule has 3 heterocycles. The Labute approximate surface area is 165 Å². The standard InChI is InChI=1S/C21H29FN2O4/c1-21(2,3)28-20(26)23-17(15-6-4-5-7-16(15)22)12-19(25)27-18-13-24-10-8-14(18)9-11-24/h4-7,14,17-18H,8-13H2,1-3H3,(H,23,26)/t17?,18-/m0/s1. The predicted molar refractivity (Wildman–Crippen MR) is 102 cm³/mol. The molecule has 1 N–H and O–H groups in total. The van der Waals surface area contributed by atoms with Crippen LogP contribution in [0.3, 0.4) is 0 Å². The Morgan fingerprint density at radius 1 is 1.25 bits per heavy atom. The molecule has 3 fully saturated rings. The Balaban J connectivity index is 1.67. The van der Waals surface area contributed by atoms with Crippen LogP contribution in [0.25, 0.3) is 0 Å². The lowest BCUT2D eigenvalue weighted by Crippen LogP contribution is -2.52. The van der Waals surface area contributed by atoms with Gasteiger partial charge in [0.25, 0.3) is 0 Å². The van der Waals surface area contributed by atoms with Crippen LogP contribution in [0.2, 0.25) is 0 Å². The number of ether oxygens (including phenoxy) is 2. The van der Waals surface area contributed by atoms with Gasteiger partial charge in [-0.3, -0.25) is 9.69 Å². The first kappa shape index (κ1) is 20.6. The Bertz CT molecular complexity index is 711. The molecule has 0 aromatic heterocycles. The Morgan fingerprint density at radius 3 is 2.50 bits per heavy atom. The Kier molecular flexibility index (Phi) is 6.23. The van der Waals surface area contributed by atoms with Crippen molar-refractivity contribution in [2.45, 2.75) is 57.8 Å². The number of hydrogen-bond acceptors (Lipinski definition) is 5. The van der Waals surface area contributed by atoms with Gasteiger partial charge in [0.1, 0.15) is 17.5 Å².